The van der Waals surface area contributed by atoms with E-state index in [-0.39, 0.29) is 0 Å². The molecule has 1 heterocycles. The van der Waals surface area contributed by atoms with Gasteiger partial charge in [-0.1, -0.05) is 6.07 Å². The number of aryl methyl sites for hydroxylation is 1. The number of rotatable bonds is 7. The number of aromatic amines is 1. The van der Waals surface area contributed by atoms with E-state index < -0.39 is 5.97 Å². The number of hydrogen-bond donors (Lipinski definition) is 2. The van der Waals surface area contributed by atoms with Crippen LogP contribution in [0.2, 0.25) is 0 Å². The Balaban J connectivity index is 2.36. The third-order valence-electron chi connectivity index (χ3n) is 3.38. The number of hydrogen-bond acceptors (Lipinski definition) is 3. The van der Waals surface area contributed by atoms with Gasteiger partial charge in [0.25, 0.3) is 0 Å². The summed E-state index contributed by atoms with van der Waals surface area (Å²) in [4.78, 5) is 18.8. The van der Waals surface area contributed by atoms with Crippen molar-refractivity contribution in [2.24, 2.45) is 0 Å². The first-order chi connectivity index (χ1) is 11.0. The van der Waals surface area contributed by atoms with Crippen molar-refractivity contribution in [3.05, 3.63) is 41.2 Å². The van der Waals surface area contributed by atoms with Crippen LogP contribution in [-0.2, 0) is 4.79 Å². The fourth-order valence-corrected chi connectivity index (χ4v) is 2.38. The molecule has 0 atom stereocenters. The minimum Gasteiger partial charge on any atom is -0.496 e. The van der Waals surface area contributed by atoms with Gasteiger partial charge in [0.2, 0.25) is 0 Å². The highest BCUT2D eigenvalue weighted by molar-refractivity contribution is 6.17. The lowest BCUT2D eigenvalue weighted by Crippen LogP contribution is -2.01. The number of carbonyl (C=O) groups is 1. The van der Waals surface area contributed by atoms with Gasteiger partial charge in [0, 0.05) is 17.6 Å². The summed E-state index contributed by atoms with van der Waals surface area (Å²) in [5, 5.41) is 9.27. The van der Waals surface area contributed by atoms with E-state index in [9.17, 15) is 9.90 Å². The third-order valence-corrected chi connectivity index (χ3v) is 3.65. The van der Waals surface area contributed by atoms with Gasteiger partial charge in [-0.2, -0.15) is 0 Å². The molecule has 23 heavy (non-hydrogen) atoms. The van der Waals surface area contributed by atoms with Gasteiger partial charge in [0.15, 0.2) is 0 Å². The third kappa shape index (κ3) is 4.36. The predicted octanol–water partition coefficient (Wildman–Crippen LogP) is 3.88. The van der Waals surface area contributed by atoms with Gasteiger partial charge in [-0.3, -0.25) is 0 Å². The average Bonchev–Trinajstić information content (AvgIpc) is 2.97. The summed E-state index contributed by atoms with van der Waals surface area (Å²) >= 11 is 5.64. The molecule has 5 nitrogen and oxygen atoms in total. The number of carboxylic acid groups (broad SMARTS) is 1. The lowest BCUT2D eigenvalue weighted by Gasteiger charge is -2.08. The number of aliphatic carboxylic acids is 1. The maximum atomic E-state index is 11.3. The van der Waals surface area contributed by atoms with Gasteiger partial charge >= 0.3 is 5.97 Å². The Kier molecular flexibility index (Phi) is 5.82. The van der Waals surface area contributed by atoms with Crippen LogP contribution in [0.25, 0.3) is 17.5 Å². The second kappa shape index (κ2) is 7.83. The number of imidazole rings is 1. The number of aromatic nitrogens is 2. The lowest BCUT2D eigenvalue weighted by atomic mass is 10.0. The number of alkyl halides is 1. The zero-order valence-electron chi connectivity index (χ0n) is 13.1. The largest absolute Gasteiger partial charge is 0.496 e. The summed E-state index contributed by atoms with van der Waals surface area (Å²) in [6, 6.07) is 5.51. The zero-order valence-corrected chi connectivity index (χ0v) is 13.9. The molecule has 1 aromatic carbocycles. The van der Waals surface area contributed by atoms with E-state index >= 15 is 0 Å². The Labute approximate surface area is 140 Å². The number of benzene rings is 1. The minimum absolute atomic E-state index is 0.328. The second-order valence-corrected chi connectivity index (χ2v) is 5.50. The molecule has 1 aromatic heterocycles. The molecule has 2 N–H and O–H groups in total. The lowest BCUT2D eigenvalue weighted by molar-refractivity contribution is -0.132. The van der Waals surface area contributed by atoms with Crippen LogP contribution in [0, 0.1) is 6.92 Å². The van der Waals surface area contributed by atoms with Crippen molar-refractivity contribution in [2.45, 2.75) is 19.8 Å². The van der Waals surface area contributed by atoms with E-state index in [1.54, 1.807) is 19.3 Å². The Morgan fingerprint density at radius 2 is 2.26 bits per heavy atom. The molecule has 0 aliphatic heterocycles. The molecule has 6 heteroatoms. The molecular formula is C17H19ClN2O3. The van der Waals surface area contributed by atoms with Crippen molar-refractivity contribution in [3.8, 4) is 17.1 Å². The fraction of sp³-hybridized carbons (Fsp3) is 0.294. The van der Waals surface area contributed by atoms with Crippen LogP contribution >= 0.6 is 11.6 Å². The van der Waals surface area contributed by atoms with Crippen molar-refractivity contribution in [1.29, 1.82) is 0 Å². The summed E-state index contributed by atoms with van der Waals surface area (Å²) in [6.45, 7) is 1.90. The number of H-pyrrole nitrogens is 1. The number of nitrogens with zero attached hydrogens (tertiary/aromatic N) is 1. The van der Waals surface area contributed by atoms with Crippen molar-refractivity contribution < 1.29 is 14.6 Å². The number of methoxy groups -OCH3 is 1. The van der Waals surface area contributed by atoms with Crippen LogP contribution in [0.3, 0.4) is 0 Å². The van der Waals surface area contributed by atoms with Gasteiger partial charge in [-0.05, 0) is 43.5 Å². The SMILES string of the molecule is COc1cc(C=C(CCCCl)C(=O)O)ccc1-c1nc(C)c[nH]1. The Bertz CT molecular complexity index is 722. The number of halogens is 1. The standard InChI is InChI=1S/C17H19ClN2O3/c1-11-10-19-16(20-11)14-6-5-12(9-15(14)23-2)8-13(17(21)22)4-3-7-18/h5-6,8-10H,3-4,7H2,1-2H3,(H,19,20)(H,21,22). The first-order valence-corrected chi connectivity index (χ1v) is 7.79. The maximum Gasteiger partial charge on any atom is 0.331 e. The number of ether oxygens (including phenoxy) is 1. The summed E-state index contributed by atoms with van der Waals surface area (Å²) in [6.07, 6.45) is 4.52. The van der Waals surface area contributed by atoms with Crippen LogP contribution < -0.4 is 4.74 Å². The van der Waals surface area contributed by atoms with Gasteiger partial charge < -0.3 is 14.8 Å². The van der Waals surface area contributed by atoms with E-state index in [2.05, 4.69) is 9.97 Å². The minimum atomic E-state index is -0.931. The van der Waals surface area contributed by atoms with Crippen LogP contribution in [0.4, 0.5) is 0 Å². The molecule has 0 bridgehead atoms. The molecule has 2 rings (SSSR count). The first kappa shape index (κ1) is 17.1. The number of carboxylic acids is 1. The highest BCUT2D eigenvalue weighted by Crippen LogP contribution is 2.29. The molecule has 0 fully saturated rings. The normalized spacial score (nSPS) is 11.5. The van der Waals surface area contributed by atoms with Crippen LogP contribution in [0.15, 0.2) is 30.0 Å². The van der Waals surface area contributed by atoms with E-state index in [0.29, 0.717) is 30.0 Å². The molecule has 0 saturated heterocycles. The van der Waals surface area contributed by atoms with Crippen molar-refractivity contribution in [2.75, 3.05) is 13.0 Å². The van der Waals surface area contributed by atoms with Crippen LogP contribution in [0.5, 0.6) is 5.75 Å². The van der Waals surface area contributed by atoms with Crippen LogP contribution in [0.1, 0.15) is 24.1 Å². The topological polar surface area (TPSA) is 75.2 Å². The molecule has 0 aliphatic rings. The van der Waals surface area contributed by atoms with E-state index in [1.807, 2.05) is 25.3 Å². The van der Waals surface area contributed by atoms with Gasteiger partial charge in [-0.25, -0.2) is 9.78 Å². The Morgan fingerprint density at radius 1 is 1.48 bits per heavy atom. The smallest absolute Gasteiger partial charge is 0.331 e. The second-order valence-electron chi connectivity index (χ2n) is 5.12. The number of nitrogens with one attached hydrogen (secondary N) is 1. The molecule has 122 valence electrons. The van der Waals surface area contributed by atoms with Gasteiger partial charge in [0.1, 0.15) is 11.6 Å². The molecule has 0 radical (unpaired) electrons. The summed E-state index contributed by atoms with van der Waals surface area (Å²) in [7, 11) is 1.58. The monoisotopic (exact) mass is 334 g/mol. The van der Waals surface area contributed by atoms with E-state index in [4.69, 9.17) is 16.3 Å². The zero-order chi connectivity index (χ0) is 16.8. The molecular weight excluding hydrogens is 316 g/mol. The molecule has 0 aliphatic carbocycles. The molecule has 0 spiro atoms. The Morgan fingerprint density at radius 3 is 2.83 bits per heavy atom. The molecule has 0 amide bonds. The highest BCUT2D eigenvalue weighted by Gasteiger charge is 2.11. The molecule has 0 saturated carbocycles. The molecule has 0 unspecified atom stereocenters. The fourth-order valence-electron chi connectivity index (χ4n) is 2.24. The maximum absolute atomic E-state index is 11.3. The summed E-state index contributed by atoms with van der Waals surface area (Å²) in [5.74, 6) is 0.857. The highest BCUT2D eigenvalue weighted by atomic mass is 35.5. The summed E-state index contributed by atoms with van der Waals surface area (Å²) < 4.78 is 5.42. The van der Waals surface area contributed by atoms with Gasteiger partial charge in [0.05, 0.1) is 18.4 Å². The van der Waals surface area contributed by atoms with Gasteiger partial charge in [-0.15, -0.1) is 11.6 Å². The van der Waals surface area contributed by atoms with E-state index in [1.165, 1.54) is 0 Å². The molecule has 2 aromatic rings. The summed E-state index contributed by atoms with van der Waals surface area (Å²) in [5.41, 5.74) is 2.81. The van der Waals surface area contributed by atoms with Crippen molar-refractivity contribution in [3.63, 3.8) is 0 Å². The van der Waals surface area contributed by atoms with E-state index in [0.717, 1.165) is 22.6 Å². The predicted molar refractivity (Wildman–Crippen MR) is 90.9 cm³/mol. The van der Waals surface area contributed by atoms with Crippen LogP contribution in [-0.4, -0.2) is 34.0 Å². The Hall–Kier alpha value is -2.27. The van der Waals surface area contributed by atoms with Crippen molar-refractivity contribution >= 4 is 23.6 Å². The first-order valence-electron chi connectivity index (χ1n) is 7.25. The van der Waals surface area contributed by atoms with Crippen molar-refractivity contribution in [1.82, 2.24) is 9.97 Å². The average molecular weight is 335 g/mol. The quantitative estimate of drug-likeness (QED) is 0.595.